The fourth-order valence-corrected chi connectivity index (χ4v) is 0.642. The molecule has 0 fully saturated rings. The van der Waals surface area contributed by atoms with Crippen LogP contribution in [-0.2, 0) is 4.57 Å². The van der Waals surface area contributed by atoms with Crippen LogP contribution in [0.4, 0.5) is 0 Å². The zero-order valence-corrected chi connectivity index (χ0v) is 18.4. The first kappa shape index (κ1) is 42.9. The number of nitrogens with two attached hydrogens (primary N) is 2. The quantitative estimate of drug-likeness (QED) is 0.227. The summed E-state index contributed by atoms with van der Waals surface area (Å²) in [5.41, 5.74) is 10.6. The van der Waals surface area contributed by atoms with Crippen molar-refractivity contribution in [2.24, 2.45) is 11.5 Å². The van der Waals surface area contributed by atoms with Crippen LogP contribution >= 0.6 is 8.25 Å². The third kappa shape index (κ3) is 163. The summed E-state index contributed by atoms with van der Waals surface area (Å²) in [6.07, 6.45) is 4.79. The summed E-state index contributed by atoms with van der Waals surface area (Å²) in [7, 11) is -3.63. The minimum Gasteiger partial charge on any atom is -0.813 e. The van der Waals surface area contributed by atoms with E-state index in [-0.39, 0.29) is 59.1 Å². The average molecular weight is 326 g/mol. The molecule has 8 heteroatoms. The van der Waals surface area contributed by atoms with Crippen LogP contribution in [0.15, 0.2) is 39.5 Å². The van der Waals surface area contributed by atoms with E-state index in [2.05, 4.69) is 39.5 Å². The van der Waals surface area contributed by atoms with Crippen LogP contribution in [0.25, 0.3) is 0 Å². The van der Waals surface area contributed by atoms with Crippen LogP contribution in [0.3, 0.4) is 0 Å². The Morgan fingerprint density at radius 2 is 0.850 bits per heavy atom. The van der Waals surface area contributed by atoms with Gasteiger partial charge in [0.1, 0.15) is 0 Å². The van der Waals surface area contributed by atoms with Gasteiger partial charge in [0.2, 0.25) is 0 Å². The van der Waals surface area contributed by atoms with Crippen molar-refractivity contribution in [3.63, 3.8) is 0 Å². The molecule has 0 rings (SSSR count). The third-order valence-corrected chi connectivity index (χ3v) is 1.16. The Morgan fingerprint density at radius 1 is 0.700 bits per heavy atom. The smallest absolute Gasteiger partial charge is 0.813 e. The van der Waals surface area contributed by atoms with Crippen molar-refractivity contribution in [3.8, 4) is 0 Å². The predicted molar refractivity (Wildman–Crippen MR) is 79.3 cm³/mol. The van der Waals surface area contributed by atoms with Gasteiger partial charge >= 0.3 is 59.1 Å². The van der Waals surface area contributed by atoms with Crippen molar-refractivity contribution >= 4 is 8.25 Å². The van der Waals surface area contributed by atoms with Gasteiger partial charge in [-0.1, -0.05) is 21.1 Å². The number of rotatable bonds is 5. The molecule has 0 saturated carbocycles. The molecule has 0 aromatic carbocycles. The molecule has 0 radical (unpaired) electrons. The molecule has 0 spiro atoms. The summed E-state index contributed by atoms with van der Waals surface area (Å²) in [5, 5.41) is 0. The van der Waals surface area contributed by atoms with E-state index in [1.54, 1.807) is 0 Å². The van der Waals surface area contributed by atoms with Gasteiger partial charge in [0.05, 0.1) is 0 Å². The van der Waals surface area contributed by atoms with E-state index in [1.807, 2.05) is 0 Å². The molecule has 0 saturated heterocycles. The first-order valence-corrected chi connectivity index (χ1v) is 6.65. The second-order valence-electron chi connectivity index (χ2n) is 2.24. The van der Waals surface area contributed by atoms with Gasteiger partial charge < -0.3 is 25.8 Å². The van der Waals surface area contributed by atoms with Gasteiger partial charge in [-0.05, 0) is 25.9 Å². The Bertz CT molecular complexity index is 133. The molecule has 0 aliphatic heterocycles. The molecule has 20 heavy (non-hydrogen) atoms. The van der Waals surface area contributed by atoms with E-state index in [9.17, 15) is 0 Å². The minimum atomic E-state index is -3.63. The van der Waals surface area contributed by atoms with Crippen molar-refractivity contribution < 1.29 is 73.5 Å². The first-order valence-electron chi connectivity index (χ1n) is 5.43. The second-order valence-corrected chi connectivity index (χ2v) is 2.74. The summed E-state index contributed by atoms with van der Waals surface area (Å²) in [4.78, 5) is 17.0. The molecule has 0 aliphatic rings. The molecule has 0 aromatic rings. The predicted octanol–water partition coefficient (Wildman–Crippen LogP) is -5.02. The summed E-state index contributed by atoms with van der Waals surface area (Å²) in [6.45, 7) is 19.6. The third-order valence-electron chi connectivity index (χ3n) is 1.16. The van der Waals surface area contributed by atoms with Crippen LogP contribution in [0.2, 0.25) is 0 Å². The van der Waals surface area contributed by atoms with Gasteiger partial charge in [0.15, 0.2) is 0 Å². The Labute approximate surface area is 170 Å². The number of hydrogen-bond donors (Lipinski definition) is 2. The summed E-state index contributed by atoms with van der Waals surface area (Å²) >= 11 is 0. The molecule has 0 unspecified atom stereocenters. The Morgan fingerprint density at radius 3 is 0.950 bits per heavy atom. The fourth-order valence-electron chi connectivity index (χ4n) is 0.642. The monoisotopic (exact) mass is 326 g/mol. The Hall–Kier alpha value is 1.29. The van der Waals surface area contributed by atoms with E-state index in [1.165, 1.54) is 12.8 Å². The van der Waals surface area contributed by atoms with Gasteiger partial charge in [-0.3, -0.25) is 0 Å². The first-order chi connectivity index (χ1) is 8.65. The van der Waals surface area contributed by atoms with Gasteiger partial charge in [-0.15, -0.1) is 39.5 Å². The van der Waals surface area contributed by atoms with Gasteiger partial charge in [-0.25, -0.2) is 0 Å². The minimum absolute atomic E-state index is 0. The fraction of sp³-hybridized carbons (Fsp3) is 0.500. The Kier molecular flexibility index (Phi) is 153. The summed E-state index contributed by atoms with van der Waals surface area (Å²) in [5.74, 6) is 0. The van der Waals surface area contributed by atoms with E-state index in [0.717, 1.165) is 25.9 Å². The maximum absolute atomic E-state index is 8.52. The molecule has 0 aliphatic carbocycles. The van der Waals surface area contributed by atoms with Crippen LogP contribution in [-0.4, -0.2) is 13.1 Å². The normalized spacial score (nSPS) is 6.25. The number of unbranched alkanes of at least 4 members (excludes halogenated alkanes) is 3. The van der Waals surface area contributed by atoms with E-state index < -0.39 is 8.25 Å². The van der Waals surface area contributed by atoms with Gasteiger partial charge in [0, 0.05) is 0 Å². The molecule has 0 amide bonds. The molecule has 4 N–H and O–H groups in total. The zero-order chi connectivity index (χ0) is 15.8. The molecule has 0 bridgehead atoms. The topological polar surface area (TPSA) is 115 Å². The van der Waals surface area contributed by atoms with E-state index in [4.69, 9.17) is 25.8 Å². The van der Waals surface area contributed by atoms with Crippen LogP contribution in [0, 0.1) is 0 Å². The molecule has 0 heterocycles. The molecule has 5 nitrogen and oxygen atoms in total. The maximum Gasteiger partial charge on any atom is 1.00 e. The summed E-state index contributed by atoms with van der Waals surface area (Å²) < 4.78 is 8.52. The van der Waals surface area contributed by atoms with Crippen LogP contribution < -0.4 is 80.4 Å². The largest absolute Gasteiger partial charge is 1.00 e. The molecule has 0 atom stereocenters. The van der Waals surface area contributed by atoms with Crippen molar-refractivity contribution in [3.05, 3.63) is 39.5 Å². The van der Waals surface area contributed by atoms with Crippen LogP contribution in [0.5, 0.6) is 0 Å². The van der Waals surface area contributed by atoms with E-state index >= 15 is 0 Å². The average Bonchev–Trinajstić information content (AvgIpc) is 2.41. The summed E-state index contributed by atoms with van der Waals surface area (Å²) in [6, 6.07) is 0. The second kappa shape index (κ2) is 71.3. The Balaban J connectivity index is -0.0000000244. The molecular weight excluding hydrogens is 297 g/mol. The maximum atomic E-state index is 8.52. The van der Waals surface area contributed by atoms with Gasteiger partial charge in [0.25, 0.3) is 0 Å². The van der Waals surface area contributed by atoms with Crippen molar-refractivity contribution in [2.45, 2.75) is 25.7 Å². The molecule has 112 valence electrons. The van der Waals surface area contributed by atoms with Crippen molar-refractivity contribution in [1.82, 2.24) is 0 Å². The van der Waals surface area contributed by atoms with Crippen molar-refractivity contribution in [1.29, 1.82) is 0 Å². The van der Waals surface area contributed by atoms with Crippen molar-refractivity contribution in [2.75, 3.05) is 13.1 Å². The standard InChI is InChI=1S/C6H16N2.3C2H4.2Na.H3O3P/c7-5-3-1-2-4-6-8;3*1-2;;;1-4(2)3/h1-8H2;3*1-2H2;;;4H,(H2,1,2,3)/q;;;;2*+1;/p-2. The van der Waals surface area contributed by atoms with E-state index in [0.29, 0.717) is 0 Å². The SMILES string of the molecule is C=C.C=C.C=C.NCCCCCCN.O=[PH]([O-])[O-].[Na+].[Na+]. The zero-order valence-electron chi connectivity index (χ0n) is 13.4. The van der Waals surface area contributed by atoms with Gasteiger partial charge in [-0.2, -0.15) is 0 Å². The molecule has 0 aromatic heterocycles. The number of hydrogen-bond acceptors (Lipinski definition) is 5. The van der Waals surface area contributed by atoms with Crippen LogP contribution in [0.1, 0.15) is 25.7 Å². The molecular formula is C12H29N2Na2O3P.